The van der Waals surface area contributed by atoms with Gasteiger partial charge in [-0.1, -0.05) is 19.3 Å². The van der Waals surface area contributed by atoms with E-state index in [9.17, 15) is 9.59 Å². The van der Waals surface area contributed by atoms with Crippen molar-refractivity contribution in [3.63, 3.8) is 0 Å². The molecule has 1 atom stereocenters. The minimum absolute atomic E-state index is 0.0107. The second kappa shape index (κ2) is 10.3. The van der Waals surface area contributed by atoms with Gasteiger partial charge < -0.3 is 14.5 Å². The molecule has 8 heteroatoms. The van der Waals surface area contributed by atoms with Gasteiger partial charge in [-0.15, -0.1) is 0 Å². The lowest BCUT2D eigenvalue weighted by Gasteiger charge is -2.34. The Morgan fingerprint density at radius 3 is 2.59 bits per heavy atom. The lowest BCUT2D eigenvalue weighted by Crippen LogP contribution is -2.46. The van der Waals surface area contributed by atoms with E-state index in [2.05, 4.69) is 10.1 Å². The van der Waals surface area contributed by atoms with Crippen molar-refractivity contribution >= 4 is 11.8 Å². The molecule has 1 saturated carbocycles. The molecule has 2 fully saturated rings. The van der Waals surface area contributed by atoms with E-state index in [4.69, 9.17) is 4.74 Å². The summed E-state index contributed by atoms with van der Waals surface area (Å²) >= 11 is 0. The number of carbonyl (C=O) groups is 2. The first-order valence-corrected chi connectivity index (χ1v) is 11.6. The number of hydrogen-bond acceptors (Lipinski definition) is 5. The van der Waals surface area contributed by atoms with Gasteiger partial charge in [-0.05, 0) is 44.4 Å². The highest BCUT2D eigenvalue weighted by molar-refractivity contribution is 5.96. The van der Waals surface area contributed by atoms with Gasteiger partial charge in [-0.2, -0.15) is 5.10 Å². The molecule has 3 heterocycles. The molecule has 0 N–H and O–H groups in total. The molecule has 172 valence electrons. The summed E-state index contributed by atoms with van der Waals surface area (Å²) in [5.41, 5.74) is 1.53. The number of amides is 2. The molecule has 32 heavy (non-hydrogen) atoms. The molecular formula is C24H33N5O3. The Morgan fingerprint density at radius 2 is 1.91 bits per heavy atom. The maximum atomic E-state index is 13.3. The van der Waals surface area contributed by atoms with Gasteiger partial charge in [0.2, 0.25) is 5.91 Å². The normalized spacial score (nSPS) is 20.6. The Bertz CT molecular complexity index is 907. The summed E-state index contributed by atoms with van der Waals surface area (Å²) in [4.78, 5) is 34.2. The molecule has 2 aromatic heterocycles. The van der Waals surface area contributed by atoms with Crippen LogP contribution in [0.4, 0.5) is 0 Å². The van der Waals surface area contributed by atoms with Crippen LogP contribution in [0.25, 0.3) is 0 Å². The van der Waals surface area contributed by atoms with E-state index in [1.807, 2.05) is 30.9 Å². The summed E-state index contributed by atoms with van der Waals surface area (Å²) in [6, 6.07) is 4.25. The van der Waals surface area contributed by atoms with Crippen molar-refractivity contribution in [1.82, 2.24) is 24.6 Å². The Kier molecular flexibility index (Phi) is 7.19. The fourth-order valence-electron chi connectivity index (χ4n) is 4.56. The van der Waals surface area contributed by atoms with Crippen molar-refractivity contribution in [3.05, 3.63) is 48.0 Å². The minimum Gasteiger partial charge on any atom is -0.370 e. The van der Waals surface area contributed by atoms with Crippen LogP contribution >= 0.6 is 0 Å². The lowest BCUT2D eigenvalue weighted by molar-refractivity contribution is -0.134. The molecule has 4 rings (SSSR count). The van der Waals surface area contributed by atoms with Crippen LogP contribution in [0.15, 0.2) is 36.9 Å². The highest BCUT2D eigenvalue weighted by atomic mass is 16.5. The monoisotopic (exact) mass is 439 g/mol. The fourth-order valence-corrected chi connectivity index (χ4v) is 4.56. The number of aromatic nitrogens is 3. The molecule has 0 bridgehead atoms. The standard InChI is InChI=1S/C24H33N5O3/c1-18(2)29-13-20(12-26-29)24(31)27-14-22(32-17-19-8-10-25-11-9-19)15-28(23(30)16-27)21-6-4-3-5-7-21/h8-13,18,21-22H,3-7,14-17H2,1-2H3/t22-/m1/s1. The quantitative estimate of drug-likeness (QED) is 0.691. The van der Waals surface area contributed by atoms with Crippen molar-refractivity contribution in [2.24, 2.45) is 0 Å². The number of carbonyl (C=O) groups excluding carboxylic acids is 2. The highest BCUT2D eigenvalue weighted by Crippen LogP contribution is 2.25. The maximum Gasteiger partial charge on any atom is 0.257 e. The predicted molar refractivity (Wildman–Crippen MR) is 120 cm³/mol. The van der Waals surface area contributed by atoms with Crippen molar-refractivity contribution in [2.75, 3.05) is 19.6 Å². The van der Waals surface area contributed by atoms with Gasteiger partial charge in [0.15, 0.2) is 0 Å². The number of rotatable bonds is 6. The molecule has 1 aliphatic heterocycles. The number of nitrogens with zero attached hydrogens (tertiary/aromatic N) is 5. The maximum absolute atomic E-state index is 13.3. The molecule has 2 aliphatic rings. The van der Waals surface area contributed by atoms with E-state index in [0.29, 0.717) is 25.3 Å². The molecule has 1 saturated heterocycles. The SMILES string of the molecule is CC(C)n1cc(C(=O)N2CC(=O)N(C3CCCCC3)C[C@H](OCc3ccncc3)C2)cn1. The van der Waals surface area contributed by atoms with Crippen molar-refractivity contribution in [2.45, 2.75) is 70.7 Å². The van der Waals surface area contributed by atoms with Gasteiger partial charge in [0, 0.05) is 43.8 Å². The van der Waals surface area contributed by atoms with E-state index in [0.717, 1.165) is 31.2 Å². The van der Waals surface area contributed by atoms with Crippen molar-refractivity contribution in [3.8, 4) is 0 Å². The van der Waals surface area contributed by atoms with Crippen molar-refractivity contribution in [1.29, 1.82) is 0 Å². The first kappa shape index (κ1) is 22.5. The largest absolute Gasteiger partial charge is 0.370 e. The molecule has 2 amide bonds. The van der Waals surface area contributed by atoms with Crippen molar-refractivity contribution < 1.29 is 14.3 Å². The number of pyridine rings is 1. The van der Waals surface area contributed by atoms with Crippen LogP contribution in [0.3, 0.4) is 0 Å². The zero-order chi connectivity index (χ0) is 22.5. The van der Waals surface area contributed by atoms with E-state index >= 15 is 0 Å². The third-order valence-corrected chi connectivity index (χ3v) is 6.39. The van der Waals surface area contributed by atoms with Gasteiger partial charge in [0.1, 0.15) is 6.54 Å². The molecule has 8 nitrogen and oxygen atoms in total. The zero-order valence-corrected chi connectivity index (χ0v) is 19.0. The fraction of sp³-hybridized carbons (Fsp3) is 0.583. The van der Waals surface area contributed by atoms with Crippen LogP contribution in [-0.4, -0.2) is 68.2 Å². The van der Waals surface area contributed by atoms with Gasteiger partial charge in [0.25, 0.3) is 5.91 Å². The second-order valence-corrected chi connectivity index (χ2v) is 9.11. The molecule has 2 aromatic rings. The van der Waals surface area contributed by atoms with Crippen LogP contribution < -0.4 is 0 Å². The van der Waals surface area contributed by atoms with Gasteiger partial charge in [-0.3, -0.25) is 19.3 Å². The van der Waals surface area contributed by atoms with E-state index < -0.39 is 0 Å². The van der Waals surface area contributed by atoms with Crippen LogP contribution in [0.1, 0.15) is 67.9 Å². The molecule has 0 radical (unpaired) electrons. The summed E-state index contributed by atoms with van der Waals surface area (Å²) in [5.74, 6) is -0.162. The summed E-state index contributed by atoms with van der Waals surface area (Å²) in [7, 11) is 0. The van der Waals surface area contributed by atoms with Gasteiger partial charge >= 0.3 is 0 Å². The first-order valence-electron chi connectivity index (χ1n) is 11.6. The first-order chi connectivity index (χ1) is 15.5. The molecule has 0 spiro atoms. The van der Waals surface area contributed by atoms with Crippen LogP contribution in [-0.2, 0) is 16.1 Å². The third-order valence-electron chi connectivity index (χ3n) is 6.39. The summed E-state index contributed by atoms with van der Waals surface area (Å²) in [6.45, 7) is 5.43. The molecular weight excluding hydrogens is 406 g/mol. The molecule has 1 aliphatic carbocycles. The smallest absolute Gasteiger partial charge is 0.257 e. The average Bonchev–Trinajstić information content (AvgIpc) is 3.25. The Labute approximate surface area is 189 Å². The number of hydrogen-bond donors (Lipinski definition) is 0. The van der Waals surface area contributed by atoms with E-state index in [1.54, 1.807) is 34.4 Å². The second-order valence-electron chi connectivity index (χ2n) is 9.11. The Hall–Kier alpha value is -2.74. The molecule has 0 aromatic carbocycles. The Morgan fingerprint density at radius 1 is 1.16 bits per heavy atom. The lowest BCUT2D eigenvalue weighted by atomic mass is 9.94. The predicted octanol–water partition coefficient (Wildman–Crippen LogP) is 3.06. The van der Waals surface area contributed by atoms with Gasteiger partial charge in [0.05, 0.1) is 24.5 Å². The van der Waals surface area contributed by atoms with E-state index in [-0.39, 0.29) is 36.5 Å². The molecule has 0 unspecified atom stereocenters. The van der Waals surface area contributed by atoms with Crippen LogP contribution in [0.5, 0.6) is 0 Å². The minimum atomic E-state index is -0.249. The van der Waals surface area contributed by atoms with Crippen LogP contribution in [0, 0.1) is 0 Å². The van der Waals surface area contributed by atoms with Crippen LogP contribution in [0.2, 0.25) is 0 Å². The topological polar surface area (TPSA) is 80.6 Å². The Balaban J connectivity index is 1.52. The number of ether oxygens (including phenoxy) is 1. The summed E-state index contributed by atoms with van der Waals surface area (Å²) < 4.78 is 8.00. The highest BCUT2D eigenvalue weighted by Gasteiger charge is 2.35. The third kappa shape index (κ3) is 5.35. The van der Waals surface area contributed by atoms with Gasteiger partial charge in [-0.25, -0.2) is 0 Å². The van der Waals surface area contributed by atoms with E-state index in [1.165, 1.54) is 6.42 Å². The summed E-state index contributed by atoms with van der Waals surface area (Å²) in [6.07, 6.45) is 12.2. The zero-order valence-electron chi connectivity index (χ0n) is 19.0. The average molecular weight is 440 g/mol. The summed E-state index contributed by atoms with van der Waals surface area (Å²) in [5, 5.41) is 4.29.